The number of aromatic nitrogens is 2. The van der Waals surface area contributed by atoms with E-state index in [-0.39, 0.29) is 6.61 Å². The first-order valence-electron chi connectivity index (χ1n) is 11.6. The maximum absolute atomic E-state index is 10.6. The summed E-state index contributed by atoms with van der Waals surface area (Å²) >= 11 is 6.11. The molecule has 0 bridgehead atoms. The van der Waals surface area contributed by atoms with E-state index in [4.69, 9.17) is 25.2 Å². The van der Waals surface area contributed by atoms with Crippen LogP contribution in [0.2, 0.25) is 5.02 Å². The Morgan fingerprint density at radius 2 is 1.94 bits per heavy atom. The number of ether oxygens (including phenoxy) is 1. The van der Waals surface area contributed by atoms with E-state index in [1.807, 2.05) is 36.4 Å². The van der Waals surface area contributed by atoms with Crippen LogP contribution in [0.3, 0.4) is 0 Å². The number of hydrogen-bond acceptors (Lipinski definition) is 7. The van der Waals surface area contributed by atoms with Crippen molar-refractivity contribution in [3.05, 3.63) is 64.5 Å². The third kappa shape index (κ3) is 4.97. The first kappa shape index (κ1) is 22.9. The SMILES string of the molecule is Cc1nnc(-c2cc3c(OC[C@@H](O)CN4CCC(c5ccc(Cl)cc5C)CC4)cccc3o2)o1. The van der Waals surface area contributed by atoms with Crippen LogP contribution in [-0.2, 0) is 0 Å². The van der Waals surface area contributed by atoms with Gasteiger partial charge in [-0.1, -0.05) is 23.7 Å². The molecule has 0 spiro atoms. The van der Waals surface area contributed by atoms with E-state index in [0.717, 1.165) is 36.3 Å². The molecule has 178 valence electrons. The normalized spacial score (nSPS) is 16.2. The molecule has 5 rings (SSSR count). The lowest BCUT2D eigenvalue weighted by atomic mass is 9.87. The minimum absolute atomic E-state index is 0.204. The molecule has 0 aliphatic carbocycles. The van der Waals surface area contributed by atoms with Gasteiger partial charge in [0.2, 0.25) is 5.89 Å². The maximum Gasteiger partial charge on any atom is 0.283 e. The van der Waals surface area contributed by atoms with Gasteiger partial charge in [0.1, 0.15) is 24.0 Å². The van der Waals surface area contributed by atoms with Crippen LogP contribution in [0.5, 0.6) is 5.75 Å². The number of aryl methyl sites for hydroxylation is 2. The van der Waals surface area contributed by atoms with Crippen molar-refractivity contribution in [3.8, 4) is 17.4 Å². The van der Waals surface area contributed by atoms with Crippen LogP contribution >= 0.6 is 11.6 Å². The van der Waals surface area contributed by atoms with Crippen LogP contribution in [0.1, 0.15) is 35.8 Å². The van der Waals surface area contributed by atoms with Gasteiger partial charge in [-0.3, -0.25) is 0 Å². The number of likely N-dealkylation sites (tertiary alicyclic amines) is 1. The standard InChI is InChI=1S/C26H28ClN3O4/c1-16-12-19(27)6-7-21(16)18-8-10-30(11-9-18)14-20(31)15-32-23-4-3-5-24-22(23)13-25(34-24)26-29-28-17(2)33-26/h3-7,12-13,18,20,31H,8-11,14-15H2,1-2H3/t20-/m0/s1. The summed E-state index contributed by atoms with van der Waals surface area (Å²) in [5, 5.41) is 20.1. The second kappa shape index (κ2) is 9.78. The van der Waals surface area contributed by atoms with E-state index >= 15 is 0 Å². The molecule has 0 amide bonds. The Morgan fingerprint density at radius 1 is 1.12 bits per heavy atom. The summed E-state index contributed by atoms with van der Waals surface area (Å²) in [4.78, 5) is 2.31. The fourth-order valence-electron chi connectivity index (χ4n) is 4.72. The molecule has 0 saturated carbocycles. The van der Waals surface area contributed by atoms with Gasteiger partial charge in [-0.05, 0) is 74.2 Å². The number of fused-ring (bicyclic) bond motifs is 1. The Hall–Kier alpha value is -2.87. The van der Waals surface area contributed by atoms with Gasteiger partial charge in [-0.25, -0.2) is 0 Å². The summed E-state index contributed by atoms with van der Waals surface area (Å²) in [7, 11) is 0. The van der Waals surface area contributed by atoms with Gasteiger partial charge in [0.15, 0.2) is 5.76 Å². The molecule has 1 aliphatic rings. The highest BCUT2D eigenvalue weighted by atomic mass is 35.5. The molecular weight excluding hydrogens is 454 g/mol. The maximum atomic E-state index is 10.6. The molecule has 1 fully saturated rings. The van der Waals surface area contributed by atoms with E-state index < -0.39 is 6.10 Å². The van der Waals surface area contributed by atoms with E-state index in [1.165, 1.54) is 11.1 Å². The van der Waals surface area contributed by atoms with Gasteiger partial charge >= 0.3 is 0 Å². The number of benzene rings is 2. The predicted octanol–water partition coefficient (Wildman–Crippen LogP) is 5.37. The lowest BCUT2D eigenvalue weighted by Gasteiger charge is -2.33. The molecule has 2 aromatic heterocycles. The van der Waals surface area contributed by atoms with Crippen molar-refractivity contribution in [1.29, 1.82) is 0 Å². The van der Waals surface area contributed by atoms with Crippen molar-refractivity contribution in [1.82, 2.24) is 15.1 Å². The Labute approximate surface area is 203 Å². The first-order chi connectivity index (χ1) is 16.5. The van der Waals surface area contributed by atoms with Crippen LogP contribution in [0.4, 0.5) is 0 Å². The van der Waals surface area contributed by atoms with Gasteiger partial charge < -0.3 is 23.6 Å². The molecule has 0 unspecified atom stereocenters. The number of β-amino-alcohol motifs (C(OH)–C–C–N with tert-alkyl or cyclic N) is 1. The van der Waals surface area contributed by atoms with Crippen molar-refractivity contribution in [2.24, 2.45) is 0 Å². The number of furan rings is 1. The summed E-state index contributed by atoms with van der Waals surface area (Å²) in [6.07, 6.45) is 1.55. The molecule has 1 saturated heterocycles. The molecule has 1 atom stereocenters. The fraction of sp³-hybridized carbons (Fsp3) is 0.385. The van der Waals surface area contributed by atoms with Crippen LogP contribution in [0, 0.1) is 13.8 Å². The molecule has 8 heteroatoms. The number of halogens is 1. The second-order valence-electron chi connectivity index (χ2n) is 8.95. The molecule has 34 heavy (non-hydrogen) atoms. The smallest absolute Gasteiger partial charge is 0.283 e. The number of nitrogens with zero attached hydrogens (tertiary/aromatic N) is 3. The van der Waals surface area contributed by atoms with Gasteiger partial charge in [-0.15, -0.1) is 10.2 Å². The summed E-state index contributed by atoms with van der Waals surface area (Å²) < 4.78 is 17.3. The van der Waals surface area contributed by atoms with Crippen LogP contribution in [0.15, 0.2) is 51.3 Å². The van der Waals surface area contributed by atoms with Crippen molar-refractivity contribution in [2.45, 2.75) is 38.7 Å². The molecule has 2 aromatic carbocycles. The molecule has 7 nitrogen and oxygen atoms in total. The second-order valence-corrected chi connectivity index (χ2v) is 9.38. The third-order valence-corrected chi connectivity index (χ3v) is 6.65. The minimum Gasteiger partial charge on any atom is -0.490 e. The largest absolute Gasteiger partial charge is 0.490 e. The molecular formula is C26H28ClN3O4. The summed E-state index contributed by atoms with van der Waals surface area (Å²) in [6, 6.07) is 13.6. The number of rotatable bonds is 7. The van der Waals surface area contributed by atoms with E-state index in [0.29, 0.717) is 41.3 Å². The predicted molar refractivity (Wildman–Crippen MR) is 130 cm³/mol. The number of aliphatic hydroxyl groups excluding tert-OH is 1. The van der Waals surface area contributed by atoms with E-state index in [1.54, 1.807) is 6.92 Å². The minimum atomic E-state index is -0.589. The van der Waals surface area contributed by atoms with Crippen LogP contribution in [0.25, 0.3) is 22.6 Å². The molecule has 1 aliphatic heterocycles. The molecule has 3 heterocycles. The molecule has 4 aromatic rings. The van der Waals surface area contributed by atoms with Crippen LogP contribution in [-0.4, -0.2) is 52.5 Å². The summed E-state index contributed by atoms with van der Waals surface area (Å²) in [5.74, 6) is 2.49. The Morgan fingerprint density at radius 3 is 2.68 bits per heavy atom. The van der Waals surface area contributed by atoms with Crippen LogP contribution < -0.4 is 4.74 Å². The summed E-state index contributed by atoms with van der Waals surface area (Å²) in [5.41, 5.74) is 3.30. The lowest BCUT2D eigenvalue weighted by Crippen LogP contribution is -2.40. The average molecular weight is 482 g/mol. The molecule has 1 N–H and O–H groups in total. The number of hydrogen-bond donors (Lipinski definition) is 1. The molecule has 0 radical (unpaired) electrons. The first-order valence-corrected chi connectivity index (χ1v) is 12.0. The summed E-state index contributed by atoms with van der Waals surface area (Å²) in [6.45, 7) is 6.55. The topological polar surface area (TPSA) is 84.8 Å². The zero-order chi connectivity index (χ0) is 23.7. The highest BCUT2D eigenvalue weighted by Crippen LogP contribution is 2.34. The van der Waals surface area contributed by atoms with E-state index in [2.05, 4.69) is 28.1 Å². The van der Waals surface area contributed by atoms with Gasteiger partial charge in [-0.2, -0.15) is 0 Å². The fourth-order valence-corrected chi connectivity index (χ4v) is 4.95. The zero-order valence-corrected chi connectivity index (χ0v) is 20.1. The van der Waals surface area contributed by atoms with Crippen molar-refractivity contribution >= 4 is 22.6 Å². The monoisotopic (exact) mass is 481 g/mol. The highest BCUT2D eigenvalue weighted by Gasteiger charge is 2.24. The van der Waals surface area contributed by atoms with Gasteiger partial charge in [0.05, 0.1) is 5.39 Å². The van der Waals surface area contributed by atoms with Crippen molar-refractivity contribution in [2.75, 3.05) is 26.2 Å². The lowest BCUT2D eigenvalue weighted by molar-refractivity contribution is 0.0599. The Bertz CT molecular complexity index is 1280. The quantitative estimate of drug-likeness (QED) is 0.379. The zero-order valence-electron chi connectivity index (χ0n) is 19.3. The van der Waals surface area contributed by atoms with Crippen molar-refractivity contribution in [3.63, 3.8) is 0 Å². The van der Waals surface area contributed by atoms with E-state index in [9.17, 15) is 5.11 Å². The van der Waals surface area contributed by atoms with Gasteiger partial charge in [0.25, 0.3) is 5.89 Å². The average Bonchev–Trinajstić information content (AvgIpc) is 3.45. The van der Waals surface area contributed by atoms with Crippen molar-refractivity contribution < 1.29 is 18.7 Å². The number of piperidine rings is 1. The third-order valence-electron chi connectivity index (χ3n) is 6.42. The Balaban J connectivity index is 1.16. The van der Waals surface area contributed by atoms with Gasteiger partial charge in [0, 0.05) is 24.6 Å². The number of aliphatic hydroxyl groups is 1. The Kier molecular flexibility index (Phi) is 6.59. The highest BCUT2D eigenvalue weighted by molar-refractivity contribution is 6.30.